The highest BCUT2D eigenvalue weighted by atomic mass is 35.5. The van der Waals surface area contributed by atoms with Crippen molar-refractivity contribution in [2.45, 2.75) is 32.7 Å². The summed E-state index contributed by atoms with van der Waals surface area (Å²) in [5, 5.41) is 0. The summed E-state index contributed by atoms with van der Waals surface area (Å²) in [6, 6.07) is 25.4. The van der Waals surface area contributed by atoms with Crippen molar-refractivity contribution in [3.63, 3.8) is 0 Å². The molecule has 0 fully saturated rings. The van der Waals surface area contributed by atoms with Crippen molar-refractivity contribution in [3.05, 3.63) is 84.4 Å². The van der Waals surface area contributed by atoms with Crippen LogP contribution in [0.2, 0.25) is 0 Å². The lowest BCUT2D eigenvalue weighted by Gasteiger charge is -2.17. The van der Waals surface area contributed by atoms with Gasteiger partial charge in [-0.3, -0.25) is 0 Å². The van der Waals surface area contributed by atoms with Crippen LogP contribution in [0.25, 0.3) is 0 Å². The maximum absolute atomic E-state index is 6.41. The second kappa shape index (κ2) is 10.7. The molecule has 0 saturated carbocycles. The first-order valence-electron chi connectivity index (χ1n) is 9.47. The van der Waals surface area contributed by atoms with Crippen LogP contribution < -0.4 is 15.2 Å². The molecule has 0 saturated heterocycles. The molecule has 28 heavy (non-hydrogen) atoms. The Morgan fingerprint density at radius 1 is 0.714 bits per heavy atom. The number of nitrogens with two attached hydrogens (primary N) is 1. The molecule has 4 heteroatoms. The van der Waals surface area contributed by atoms with Crippen molar-refractivity contribution in [1.82, 2.24) is 0 Å². The van der Waals surface area contributed by atoms with Crippen molar-refractivity contribution < 1.29 is 9.47 Å². The minimum atomic E-state index is -0.0173. The van der Waals surface area contributed by atoms with E-state index >= 15 is 0 Å². The van der Waals surface area contributed by atoms with E-state index in [1.807, 2.05) is 78.9 Å². The predicted octanol–water partition coefficient (Wildman–Crippen LogP) is 7.13. The molecule has 0 aromatic heterocycles. The van der Waals surface area contributed by atoms with Crippen molar-refractivity contribution in [2.75, 3.05) is 0 Å². The number of hydrogen-bond donors (Lipinski definition) is 1. The van der Waals surface area contributed by atoms with Crippen LogP contribution in [-0.2, 0) is 0 Å². The molecule has 0 bridgehead atoms. The highest BCUT2D eigenvalue weighted by Crippen LogP contribution is 2.37. The van der Waals surface area contributed by atoms with Crippen molar-refractivity contribution >= 4 is 12.4 Å². The molecule has 1 atom stereocenters. The normalized spacial score (nSPS) is 11.6. The summed E-state index contributed by atoms with van der Waals surface area (Å²) in [5.74, 6) is 3.51. The lowest BCUT2D eigenvalue weighted by Crippen LogP contribution is -2.11. The van der Waals surface area contributed by atoms with Gasteiger partial charge in [0.1, 0.15) is 11.5 Å². The standard InChI is InChI=1S/C24H27NO2.ClH/c1-18(2)13-15-22(25)19-14-16-23(26-20-9-5-3-6-10-20)24(17-19)27-21-11-7-4-8-12-21;/h3-12,14,16-18,22H,13,15,25H2,1-2H3;1H/t22-;/m0./s1. The van der Waals surface area contributed by atoms with Crippen molar-refractivity contribution in [1.29, 1.82) is 0 Å². The number of ether oxygens (including phenoxy) is 2. The quantitative estimate of drug-likeness (QED) is 0.439. The highest BCUT2D eigenvalue weighted by Gasteiger charge is 2.14. The Morgan fingerprint density at radius 3 is 1.79 bits per heavy atom. The van der Waals surface area contributed by atoms with Gasteiger partial charge >= 0.3 is 0 Å². The topological polar surface area (TPSA) is 44.5 Å². The molecule has 3 aromatic carbocycles. The summed E-state index contributed by atoms with van der Waals surface area (Å²) in [5.41, 5.74) is 7.47. The number of hydrogen-bond acceptors (Lipinski definition) is 3. The second-order valence-electron chi connectivity index (χ2n) is 7.11. The summed E-state index contributed by atoms with van der Waals surface area (Å²) in [6.07, 6.45) is 2.04. The minimum absolute atomic E-state index is 0. The van der Waals surface area contributed by atoms with Gasteiger partial charge in [-0.1, -0.05) is 56.3 Å². The fraction of sp³-hybridized carbons (Fsp3) is 0.250. The number of benzene rings is 3. The van der Waals surface area contributed by atoms with Gasteiger partial charge in [0.15, 0.2) is 11.5 Å². The number of para-hydroxylation sites is 2. The zero-order chi connectivity index (χ0) is 19.1. The molecule has 3 nitrogen and oxygen atoms in total. The molecule has 0 aliphatic carbocycles. The first-order valence-corrected chi connectivity index (χ1v) is 9.47. The van der Waals surface area contributed by atoms with E-state index in [0.29, 0.717) is 17.4 Å². The zero-order valence-electron chi connectivity index (χ0n) is 16.4. The molecule has 0 aliphatic heterocycles. The Labute approximate surface area is 173 Å². The Morgan fingerprint density at radius 2 is 1.25 bits per heavy atom. The van der Waals surface area contributed by atoms with Crippen molar-refractivity contribution in [2.24, 2.45) is 11.7 Å². The third kappa shape index (κ3) is 6.29. The van der Waals surface area contributed by atoms with Crippen LogP contribution in [0.3, 0.4) is 0 Å². The van der Waals surface area contributed by atoms with Gasteiger partial charge in [-0.2, -0.15) is 0 Å². The van der Waals surface area contributed by atoms with Gasteiger partial charge in [-0.15, -0.1) is 12.4 Å². The van der Waals surface area contributed by atoms with E-state index in [-0.39, 0.29) is 18.4 Å². The monoisotopic (exact) mass is 397 g/mol. The average molecular weight is 398 g/mol. The van der Waals surface area contributed by atoms with E-state index < -0.39 is 0 Å². The first kappa shape index (κ1) is 21.8. The predicted molar refractivity (Wildman–Crippen MR) is 118 cm³/mol. The second-order valence-corrected chi connectivity index (χ2v) is 7.11. The van der Waals surface area contributed by atoms with Crippen LogP contribution in [0.15, 0.2) is 78.9 Å². The summed E-state index contributed by atoms with van der Waals surface area (Å²) < 4.78 is 12.2. The summed E-state index contributed by atoms with van der Waals surface area (Å²) in [7, 11) is 0. The number of halogens is 1. The average Bonchev–Trinajstić information content (AvgIpc) is 2.69. The molecule has 0 radical (unpaired) electrons. The van der Waals surface area contributed by atoms with E-state index in [1.165, 1.54) is 0 Å². The fourth-order valence-electron chi connectivity index (χ4n) is 2.83. The number of rotatable bonds is 8. The molecule has 0 amide bonds. The van der Waals surface area contributed by atoms with Crippen LogP contribution in [0.1, 0.15) is 38.3 Å². The molecule has 0 unspecified atom stereocenters. The summed E-state index contributed by atoms with van der Waals surface area (Å²) >= 11 is 0. The Hall–Kier alpha value is -2.49. The Kier molecular flexibility index (Phi) is 8.37. The van der Waals surface area contributed by atoms with E-state index in [2.05, 4.69) is 13.8 Å². The summed E-state index contributed by atoms with van der Waals surface area (Å²) in [6.45, 7) is 4.43. The molecule has 2 N–H and O–H groups in total. The Balaban J connectivity index is 0.00000280. The van der Waals surface area contributed by atoms with Crippen molar-refractivity contribution in [3.8, 4) is 23.0 Å². The maximum atomic E-state index is 6.41. The van der Waals surface area contributed by atoms with Crippen LogP contribution in [0.4, 0.5) is 0 Å². The van der Waals surface area contributed by atoms with E-state index in [0.717, 1.165) is 29.9 Å². The van der Waals surface area contributed by atoms with Gasteiger partial charge in [0, 0.05) is 6.04 Å². The van der Waals surface area contributed by atoms with E-state index in [9.17, 15) is 0 Å². The molecule has 0 spiro atoms. The molecule has 0 aliphatic rings. The lowest BCUT2D eigenvalue weighted by molar-refractivity contribution is 0.417. The van der Waals surface area contributed by atoms with E-state index in [1.54, 1.807) is 0 Å². The molecule has 3 aromatic rings. The minimum Gasteiger partial charge on any atom is -0.453 e. The molecule has 0 heterocycles. The largest absolute Gasteiger partial charge is 0.453 e. The Bertz CT molecular complexity index is 838. The molecule has 148 valence electrons. The molecule has 3 rings (SSSR count). The van der Waals surface area contributed by atoms with Crippen LogP contribution >= 0.6 is 12.4 Å². The van der Waals surface area contributed by atoms with Crippen LogP contribution in [0.5, 0.6) is 23.0 Å². The van der Waals surface area contributed by atoms with Gasteiger partial charge in [-0.25, -0.2) is 0 Å². The highest BCUT2D eigenvalue weighted by molar-refractivity contribution is 5.85. The molecular weight excluding hydrogens is 370 g/mol. The SMILES string of the molecule is CC(C)CC[C@H](N)c1ccc(Oc2ccccc2)c(Oc2ccccc2)c1.Cl. The van der Waals surface area contributed by atoms with Gasteiger partial charge in [0.05, 0.1) is 0 Å². The van der Waals surface area contributed by atoms with Gasteiger partial charge in [0.25, 0.3) is 0 Å². The smallest absolute Gasteiger partial charge is 0.170 e. The zero-order valence-corrected chi connectivity index (χ0v) is 17.2. The third-order valence-corrected chi connectivity index (χ3v) is 4.39. The van der Waals surface area contributed by atoms with Crippen LogP contribution in [-0.4, -0.2) is 0 Å². The van der Waals surface area contributed by atoms with Gasteiger partial charge in [0.2, 0.25) is 0 Å². The first-order chi connectivity index (χ1) is 13.1. The fourth-order valence-corrected chi connectivity index (χ4v) is 2.83. The van der Waals surface area contributed by atoms with Crippen LogP contribution in [0, 0.1) is 5.92 Å². The third-order valence-electron chi connectivity index (χ3n) is 4.39. The van der Waals surface area contributed by atoms with Gasteiger partial charge in [-0.05, 0) is 60.7 Å². The lowest BCUT2D eigenvalue weighted by atomic mass is 9.98. The van der Waals surface area contributed by atoms with E-state index in [4.69, 9.17) is 15.2 Å². The maximum Gasteiger partial charge on any atom is 0.170 e. The van der Waals surface area contributed by atoms with Gasteiger partial charge < -0.3 is 15.2 Å². The summed E-state index contributed by atoms with van der Waals surface area (Å²) in [4.78, 5) is 0. The molecular formula is C24H28ClNO2.